The van der Waals surface area contributed by atoms with Gasteiger partial charge in [-0.1, -0.05) is 50.1 Å². The van der Waals surface area contributed by atoms with Crippen LogP contribution in [0.25, 0.3) is 0 Å². The van der Waals surface area contributed by atoms with Crippen molar-refractivity contribution in [3.8, 4) is 0 Å². The van der Waals surface area contributed by atoms with Crippen LogP contribution in [0.4, 0.5) is 5.69 Å². The fourth-order valence-electron chi connectivity index (χ4n) is 1.49. The minimum absolute atomic E-state index is 0.922. The predicted molar refractivity (Wildman–Crippen MR) is 72.3 cm³/mol. The molecule has 0 saturated heterocycles. The second-order valence-corrected chi connectivity index (χ2v) is 4.19. The van der Waals surface area contributed by atoms with Gasteiger partial charge in [-0.05, 0) is 25.0 Å². The number of hydrogen-bond acceptors (Lipinski definition) is 2. The normalized spacial score (nSPS) is 10.9. The first-order chi connectivity index (χ1) is 8.36. The highest BCUT2D eigenvalue weighted by Crippen LogP contribution is 2.11. The van der Waals surface area contributed by atoms with Crippen molar-refractivity contribution in [1.82, 2.24) is 5.01 Å². The molecule has 0 aliphatic rings. The van der Waals surface area contributed by atoms with Crippen LogP contribution in [0.1, 0.15) is 39.5 Å². The van der Waals surface area contributed by atoms with E-state index in [0.717, 1.165) is 18.8 Å². The zero-order chi connectivity index (χ0) is 12.3. The molecule has 0 heterocycles. The van der Waals surface area contributed by atoms with Crippen LogP contribution in [0.5, 0.6) is 0 Å². The molecule has 0 atom stereocenters. The van der Waals surface area contributed by atoms with Gasteiger partial charge in [0, 0.05) is 13.1 Å². The summed E-state index contributed by atoms with van der Waals surface area (Å²) in [6.45, 7) is 6.42. The maximum Gasteiger partial charge on any atom is 0.0874 e. The summed E-state index contributed by atoms with van der Waals surface area (Å²) in [6, 6.07) is 9.90. The van der Waals surface area contributed by atoms with Gasteiger partial charge in [0.15, 0.2) is 0 Å². The average molecular weight is 233 g/mol. The van der Waals surface area contributed by atoms with Gasteiger partial charge in [0.2, 0.25) is 0 Å². The molecule has 3 heteroatoms. The Hall–Kier alpha value is -1.38. The molecule has 0 saturated carbocycles. The quantitative estimate of drug-likeness (QED) is 0.477. The molecule has 1 rings (SSSR count). The number of hydrogen-bond donors (Lipinski definition) is 0. The summed E-state index contributed by atoms with van der Waals surface area (Å²) in [5.74, 6) is 0. The molecule has 3 nitrogen and oxygen atoms in total. The molecular formula is C14H23N3. The number of nitrogens with zero attached hydrogens (tertiary/aromatic N) is 3. The molecule has 0 amide bonds. The molecule has 17 heavy (non-hydrogen) atoms. The third-order valence-electron chi connectivity index (χ3n) is 2.58. The van der Waals surface area contributed by atoms with Gasteiger partial charge in [0.1, 0.15) is 0 Å². The lowest BCUT2D eigenvalue weighted by atomic mass is 10.3. The Morgan fingerprint density at radius 1 is 0.941 bits per heavy atom. The van der Waals surface area contributed by atoms with E-state index in [4.69, 9.17) is 0 Å². The second kappa shape index (κ2) is 8.74. The summed E-state index contributed by atoms with van der Waals surface area (Å²) in [5.41, 5.74) is 0.922. The molecule has 0 bridgehead atoms. The van der Waals surface area contributed by atoms with E-state index >= 15 is 0 Å². The smallest absolute Gasteiger partial charge is 0.0874 e. The van der Waals surface area contributed by atoms with Crippen LogP contribution < -0.4 is 0 Å². The molecule has 1 aromatic rings. The highest BCUT2D eigenvalue weighted by molar-refractivity contribution is 5.34. The summed E-state index contributed by atoms with van der Waals surface area (Å²) >= 11 is 0. The van der Waals surface area contributed by atoms with Crippen molar-refractivity contribution < 1.29 is 0 Å². The Balaban J connectivity index is 2.49. The highest BCUT2D eigenvalue weighted by Gasteiger charge is 1.99. The first kappa shape index (κ1) is 13.7. The summed E-state index contributed by atoms with van der Waals surface area (Å²) in [5, 5.41) is 10.7. The molecular weight excluding hydrogens is 210 g/mol. The van der Waals surface area contributed by atoms with Crippen molar-refractivity contribution >= 4 is 5.69 Å². The molecule has 0 unspecified atom stereocenters. The lowest BCUT2D eigenvalue weighted by Gasteiger charge is -2.16. The maximum absolute atomic E-state index is 4.33. The van der Waals surface area contributed by atoms with Gasteiger partial charge < -0.3 is 0 Å². The van der Waals surface area contributed by atoms with Crippen LogP contribution in [-0.4, -0.2) is 18.1 Å². The molecule has 0 N–H and O–H groups in total. The molecule has 1 aromatic carbocycles. The van der Waals surface area contributed by atoms with Crippen molar-refractivity contribution in [2.24, 2.45) is 10.3 Å². The maximum atomic E-state index is 4.33. The molecule has 0 aliphatic carbocycles. The van der Waals surface area contributed by atoms with Gasteiger partial charge in [0.25, 0.3) is 0 Å². The summed E-state index contributed by atoms with van der Waals surface area (Å²) in [4.78, 5) is 0. The summed E-state index contributed by atoms with van der Waals surface area (Å²) < 4.78 is 0. The van der Waals surface area contributed by atoms with E-state index < -0.39 is 0 Å². The second-order valence-electron chi connectivity index (χ2n) is 4.19. The molecule has 0 radical (unpaired) electrons. The Morgan fingerprint density at radius 3 is 2.06 bits per heavy atom. The van der Waals surface area contributed by atoms with Crippen LogP contribution in [-0.2, 0) is 0 Å². The predicted octanol–water partition coefficient (Wildman–Crippen LogP) is 4.59. The number of rotatable bonds is 8. The fourth-order valence-corrected chi connectivity index (χ4v) is 1.49. The highest BCUT2D eigenvalue weighted by atomic mass is 15.5. The van der Waals surface area contributed by atoms with E-state index in [0.29, 0.717) is 0 Å². The van der Waals surface area contributed by atoms with Crippen molar-refractivity contribution in [3.05, 3.63) is 30.3 Å². The van der Waals surface area contributed by atoms with E-state index in [1.54, 1.807) is 0 Å². The minimum Gasteiger partial charge on any atom is -0.278 e. The Labute approximate surface area is 105 Å². The molecule has 0 aliphatic heterocycles. The Morgan fingerprint density at radius 2 is 1.53 bits per heavy atom. The fraction of sp³-hybridized carbons (Fsp3) is 0.571. The largest absolute Gasteiger partial charge is 0.278 e. The monoisotopic (exact) mass is 233 g/mol. The van der Waals surface area contributed by atoms with Crippen LogP contribution >= 0.6 is 0 Å². The van der Waals surface area contributed by atoms with Gasteiger partial charge in [-0.3, -0.25) is 5.01 Å². The van der Waals surface area contributed by atoms with Crippen molar-refractivity contribution in [2.45, 2.75) is 39.5 Å². The minimum atomic E-state index is 0.922. The van der Waals surface area contributed by atoms with E-state index in [2.05, 4.69) is 29.2 Å². The summed E-state index contributed by atoms with van der Waals surface area (Å²) in [7, 11) is 0. The van der Waals surface area contributed by atoms with Gasteiger partial charge in [-0.15, -0.1) is 5.11 Å². The molecule has 0 aromatic heterocycles. The Bertz CT molecular complexity index is 301. The van der Waals surface area contributed by atoms with Crippen LogP contribution in [0.15, 0.2) is 40.7 Å². The van der Waals surface area contributed by atoms with Gasteiger partial charge in [0.05, 0.1) is 5.69 Å². The third-order valence-corrected chi connectivity index (χ3v) is 2.58. The lowest BCUT2D eigenvalue weighted by molar-refractivity contribution is 0.261. The summed E-state index contributed by atoms with van der Waals surface area (Å²) in [6.07, 6.45) is 4.75. The first-order valence-electron chi connectivity index (χ1n) is 6.58. The van der Waals surface area contributed by atoms with Crippen LogP contribution in [0.3, 0.4) is 0 Å². The van der Waals surface area contributed by atoms with Crippen molar-refractivity contribution in [1.29, 1.82) is 0 Å². The Kier molecular flexibility index (Phi) is 7.03. The van der Waals surface area contributed by atoms with E-state index in [1.165, 1.54) is 25.7 Å². The van der Waals surface area contributed by atoms with E-state index in [-0.39, 0.29) is 0 Å². The topological polar surface area (TPSA) is 28.0 Å². The lowest BCUT2D eigenvalue weighted by Crippen LogP contribution is -2.19. The van der Waals surface area contributed by atoms with Gasteiger partial charge in [-0.2, -0.15) is 0 Å². The van der Waals surface area contributed by atoms with Gasteiger partial charge in [-0.25, -0.2) is 0 Å². The van der Waals surface area contributed by atoms with E-state index in [9.17, 15) is 0 Å². The number of unbranched alkanes of at least 4 members (excludes halogenated alkanes) is 2. The first-order valence-corrected chi connectivity index (χ1v) is 6.58. The molecule has 0 spiro atoms. The van der Waals surface area contributed by atoms with Crippen molar-refractivity contribution in [3.63, 3.8) is 0 Å². The van der Waals surface area contributed by atoms with Crippen molar-refractivity contribution in [2.75, 3.05) is 13.1 Å². The zero-order valence-corrected chi connectivity index (χ0v) is 11.0. The third kappa shape index (κ3) is 6.05. The van der Waals surface area contributed by atoms with E-state index in [1.807, 2.05) is 30.3 Å². The standard InChI is InChI=1S/C14H23N3/c1-3-5-12-17(13-6-4-2)16-15-14-10-8-7-9-11-14/h7-11H,3-6,12-13H2,1-2H3. The SMILES string of the molecule is CCCCN(CCCC)N=Nc1ccccc1. The number of benzene rings is 1. The molecule has 94 valence electrons. The zero-order valence-electron chi connectivity index (χ0n) is 11.0. The van der Waals surface area contributed by atoms with Crippen LogP contribution in [0.2, 0.25) is 0 Å². The van der Waals surface area contributed by atoms with Crippen LogP contribution in [0, 0.1) is 0 Å². The average Bonchev–Trinajstić information content (AvgIpc) is 2.39. The molecule has 0 fully saturated rings. The van der Waals surface area contributed by atoms with Gasteiger partial charge >= 0.3 is 0 Å².